The van der Waals surface area contributed by atoms with Gasteiger partial charge in [0.1, 0.15) is 18.4 Å². The standard InChI is InChI=1S/C16H30N2.HI/c1-3-5-6-7-8-9-10-12-16(11-4-2)18-14-13-17-15-18;/h13-16H,3-12H2,1-2H3;1H. The summed E-state index contributed by atoms with van der Waals surface area (Å²) in [6.07, 6.45) is 20.1. The predicted octanol–water partition coefficient (Wildman–Crippen LogP) is 1.79. The first-order valence-electron chi connectivity index (χ1n) is 7.92. The maximum absolute atomic E-state index is 3.16. The number of H-pyrrole nitrogens is 1. The van der Waals surface area contributed by atoms with Crippen molar-refractivity contribution in [3.8, 4) is 0 Å². The van der Waals surface area contributed by atoms with Crippen LogP contribution in [0.3, 0.4) is 0 Å². The molecule has 112 valence electrons. The van der Waals surface area contributed by atoms with E-state index in [1.165, 1.54) is 64.2 Å². The molecule has 0 fully saturated rings. The van der Waals surface area contributed by atoms with Crippen molar-refractivity contribution in [2.45, 2.75) is 84.1 Å². The van der Waals surface area contributed by atoms with Crippen molar-refractivity contribution < 1.29 is 28.5 Å². The molecule has 1 aromatic heterocycles. The number of hydrogen-bond acceptors (Lipinski definition) is 0. The lowest BCUT2D eigenvalue weighted by atomic mass is 10.0. The zero-order valence-electron chi connectivity index (χ0n) is 12.7. The van der Waals surface area contributed by atoms with Gasteiger partial charge in [-0.3, -0.25) is 4.98 Å². The fraction of sp³-hybridized carbons (Fsp3) is 0.812. The van der Waals surface area contributed by atoms with Crippen LogP contribution in [-0.4, -0.2) is 4.98 Å². The zero-order valence-corrected chi connectivity index (χ0v) is 14.9. The third-order valence-electron chi connectivity index (χ3n) is 3.75. The second-order valence-electron chi connectivity index (χ2n) is 5.41. The van der Waals surface area contributed by atoms with E-state index in [1.807, 2.05) is 6.20 Å². The fourth-order valence-electron chi connectivity index (χ4n) is 2.64. The van der Waals surface area contributed by atoms with Crippen LogP contribution in [0.4, 0.5) is 0 Å². The monoisotopic (exact) mass is 378 g/mol. The summed E-state index contributed by atoms with van der Waals surface area (Å²) in [5.74, 6) is 0. The van der Waals surface area contributed by atoms with Crippen LogP contribution in [0, 0.1) is 0 Å². The highest BCUT2D eigenvalue weighted by Crippen LogP contribution is 2.16. The van der Waals surface area contributed by atoms with Gasteiger partial charge < -0.3 is 24.0 Å². The lowest BCUT2D eigenvalue weighted by Gasteiger charge is -2.12. The van der Waals surface area contributed by atoms with Gasteiger partial charge in [0.15, 0.2) is 0 Å². The van der Waals surface area contributed by atoms with Crippen LogP contribution < -0.4 is 28.5 Å². The lowest BCUT2D eigenvalue weighted by Crippen LogP contribution is -3.00. The SMILES string of the molecule is CCCCCCCCCC(CCC)[n+]1cc[nH]c1.[I-]. The Kier molecular flexibility index (Phi) is 12.9. The van der Waals surface area contributed by atoms with E-state index >= 15 is 0 Å². The maximum Gasteiger partial charge on any atom is 0.241 e. The predicted molar refractivity (Wildman–Crippen MR) is 77.5 cm³/mol. The van der Waals surface area contributed by atoms with E-state index in [-0.39, 0.29) is 24.0 Å². The molecule has 0 amide bonds. The third-order valence-corrected chi connectivity index (χ3v) is 3.75. The van der Waals surface area contributed by atoms with Gasteiger partial charge in [0.2, 0.25) is 6.33 Å². The number of aromatic amines is 1. The van der Waals surface area contributed by atoms with Gasteiger partial charge in [-0.15, -0.1) is 0 Å². The maximum atomic E-state index is 3.16. The molecule has 1 N–H and O–H groups in total. The summed E-state index contributed by atoms with van der Waals surface area (Å²) < 4.78 is 2.35. The van der Waals surface area contributed by atoms with Crippen LogP contribution in [0.5, 0.6) is 0 Å². The molecular formula is C16H31IN2. The van der Waals surface area contributed by atoms with Crippen molar-refractivity contribution in [3.63, 3.8) is 0 Å². The van der Waals surface area contributed by atoms with E-state index in [4.69, 9.17) is 0 Å². The van der Waals surface area contributed by atoms with Crippen LogP contribution in [0.2, 0.25) is 0 Å². The highest BCUT2D eigenvalue weighted by molar-refractivity contribution is 4.60. The summed E-state index contributed by atoms with van der Waals surface area (Å²) in [5.41, 5.74) is 0. The van der Waals surface area contributed by atoms with Crippen LogP contribution in [0.15, 0.2) is 18.7 Å². The van der Waals surface area contributed by atoms with Crippen molar-refractivity contribution in [3.05, 3.63) is 18.7 Å². The van der Waals surface area contributed by atoms with E-state index in [9.17, 15) is 0 Å². The van der Waals surface area contributed by atoms with E-state index < -0.39 is 0 Å². The number of halogens is 1. The molecule has 0 aliphatic heterocycles. The number of hydrogen-bond donors (Lipinski definition) is 1. The van der Waals surface area contributed by atoms with Crippen molar-refractivity contribution >= 4 is 0 Å². The highest BCUT2D eigenvalue weighted by Gasteiger charge is 2.13. The average Bonchev–Trinajstić information content (AvgIpc) is 2.90. The second kappa shape index (κ2) is 12.9. The molecule has 0 radical (unpaired) electrons. The van der Waals surface area contributed by atoms with Crippen molar-refractivity contribution in [2.75, 3.05) is 0 Å². The summed E-state index contributed by atoms with van der Waals surface area (Å²) in [7, 11) is 0. The Morgan fingerprint density at radius 2 is 1.58 bits per heavy atom. The summed E-state index contributed by atoms with van der Waals surface area (Å²) >= 11 is 0. The number of unbranched alkanes of at least 4 members (excludes halogenated alkanes) is 6. The molecule has 1 rings (SSSR count). The van der Waals surface area contributed by atoms with Gasteiger partial charge in [0.25, 0.3) is 0 Å². The number of nitrogens with one attached hydrogen (secondary N) is 1. The number of rotatable bonds is 11. The Labute approximate surface area is 136 Å². The van der Waals surface area contributed by atoms with E-state index in [2.05, 4.69) is 35.9 Å². The average molecular weight is 378 g/mol. The highest BCUT2D eigenvalue weighted by atomic mass is 127. The first kappa shape index (κ1) is 18.9. The molecule has 0 aliphatic rings. The third kappa shape index (κ3) is 8.66. The molecule has 1 atom stereocenters. The first-order chi connectivity index (χ1) is 8.88. The van der Waals surface area contributed by atoms with Crippen molar-refractivity contribution in [2.24, 2.45) is 0 Å². The number of nitrogens with zero attached hydrogens (tertiary/aromatic N) is 1. The molecule has 0 spiro atoms. The lowest BCUT2D eigenvalue weighted by molar-refractivity contribution is -0.723. The largest absolute Gasteiger partial charge is 1.00 e. The minimum atomic E-state index is 0. The second-order valence-corrected chi connectivity index (χ2v) is 5.41. The smallest absolute Gasteiger partial charge is 0.241 e. The van der Waals surface area contributed by atoms with E-state index in [1.54, 1.807) is 0 Å². The quantitative estimate of drug-likeness (QED) is 0.344. The molecule has 1 aromatic rings. The Bertz CT molecular complexity index is 272. The molecule has 0 saturated carbocycles. The van der Waals surface area contributed by atoms with Gasteiger partial charge in [-0.1, -0.05) is 58.8 Å². The summed E-state index contributed by atoms with van der Waals surface area (Å²) in [6, 6.07) is 0.705. The molecule has 0 saturated heterocycles. The molecule has 3 heteroatoms. The molecular weight excluding hydrogens is 347 g/mol. The van der Waals surface area contributed by atoms with Gasteiger partial charge in [0.05, 0.1) is 0 Å². The van der Waals surface area contributed by atoms with Crippen LogP contribution in [0.25, 0.3) is 0 Å². The molecule has 1 heterocycles. The van der Waals surface area contributed by atoms with Gasteiger partial charge >= 0.3 is 0 Å². The van der Waals surface area contributed by atoms with Crippen LogP contribution >= 0.6 is 0 Å². The van der Waals surface area contributed by atoms with Crippen molar-refractivity contribution in [1.82, 2.24) is 4.98 Å². The van der Waals surface area contributed by atoms with Gasteiger partial charge in [0, 0.05) is 0 Å². The minimum absolute atomic E-state index is 0. The Morgan fingerprint density at radius 3 is 2.16 bits per heavy atom. The molecule has 0 aliphatic carbocycles. The molecule has 19 heavy (non-hydrogen) atoms. The Morgan fingerprint density at radius 1 is 0.895 bits per heavy atom. The normalized spacial score (nSPS) is 12.1. The summed E-state index contributed by atoms with van der Waals surface area (Å²) in [6.45, 7) is 4.56. The topological polar surface area (TPSA) is 19.7 Å². The minimum Gasteiger partial charge on any atom is -1.00 e. The van der Waals surface area contributed by atoms with Crippen LogP contribution in [0.1, 0.15) is 84.1 Å². The Balaban J connectivity index is 0.00000324. The van der Waals surface area contributed by atoms with Gasteiger partial charge in [-0.05, 0) is 19.3 Å². The molecule has 2 nitrogen and oxygen atoms in total. The molecule has 0 bridgehead atoms. The van der Waals surface area contributed by atoms with Crippen LogP contribution in [-0.2, 0) is 0 Å². The van der Waals surface area contributed by atoms with Gasteiger partial charge in [-0.25, -0.2) is 4.57 Å². The first-order valence-corrected chi connectivity index (χ1v) is 7.92. The van der Waals surface area contributed by atoms with E-state index in [0.717, 1.165) is 0 Å². The molecule has 1 unspecified atom stereocenters. The van der Waals surface area contributed by atoms with E-state index in [0.29, 0.717) is 6.04 Å². The zero-order chi connectivity index (χ0) is 13.1. The fourth-order valence-corrected chi connectivity index (χ4v) is 2.64. The summed E-state index contributed by atoms with van der Waals surface area (Å²) in [4.78, 5) is 3.16. The molecule has 0 aromatic carbocycles. The number of aromatic nitrogens is 2. The number of imidazole rings is 1. The Hall–Kier alpha value is -0.0600. The summed E-state index contributed by atoms with van der Waals surface area (Å²) in [5, 5.41) is 0. The van der Waals surface area contributed by atoms with Gasteiger partial charge in [-0.2, -0.15) is 0 Å². The van der Waals surface area contributed by atoms with Crippen molar-refractivity contribution in [1.29, 1.82) is 0 Å².